The Hall–Kier alpha value is -1.95. The van der Waals surface area contributed by atoms with E-state index in [1.54, 1.807) is 6.07 Å². The van der Waals surface area contributed by atoms with E-state index in [4.69, 9.17) is 0 Å². The Morgan fingerprint density at radius 2 is 1.70 bits per heavy atom. The van der Waals surface area contributed by atoms with E-state index >= 15 is 0 Å². The van der Waals surface area contributed by atoms with Crippen molar-refractivity contribution in [3.05, 3.63) is 65.2 Å². The lowest BCUT2D eigenvalue weighted by atomic mass is 9.93. The topological polar surface area (TPSA) is 0 Å². The Morgan fingerprint density at radius 1 is 1.03 bits per heavy atom. The summed E-state index contributed by atoms with van der Waals surface area (Å²) in [5, 5.41) is 0. The molecule has 1 saturated heterocycles. The zero-order valence-electron chi connectivity index (χ0n) is 17.2. The molecule has 1 fully saturated rings. The average molecular weight is 439 g/mol. The van der Waals surface area contributed by atoms with Crippen molar-refractivity contribution in [3.8, 4) is 11.1 Å². The monoisotopic (exact) mass is 438 g/mol. The van der Waals surface area contributed by atoms with E-state index in [1.807, 2.05) is 0 Å². The number of aryl methyl sites for hydroxylation is 1. The molecular weight excluding hydrogens is 411 g/mol. The van der Waals surface area contributed by atoms with E-state index in [0.29, 0.717) is 5.92 Å². The first kappa shape index (κ1) is 22.7. The highest BCUT2D eigenvalue weighted by molar-refractivity contribution is 6.58. The number of hydrogen-bond acceptors (Lipinski definition) is 0. The van der Waals surface area contributed by atoms with Crippen LogP contribution in [0.25, 0.3) is 17.0 Å². The van der Waals surface area contributed by atoms with Gasteiger partial charge in [-0.15, -0.1) is 0 Å². The molecule has 3 rings (SSSR count). The number of halogens is 5. The second-order valence-electron chi connectivity index (χ2n) is 8.30. The van der Waals surface area contributed by atoms with Crippen molar-refractivity contribution in [2.45, 2.75) is 57.2 Å². The van der Waals surface area contributed by atoms with Gasteiger partial charge in [0, 0.05) is 14.4 Å². The Morgan fingerprint density at radius 3 is 2.27 bits per heavy atom. The van der Waals surface area contributed by atoms with E-state index < -0.39 is 44.0 Å². The molecule has 0 saturated carbocycles. The zero-order valence-corrected chi connectivity index (χ0v) is 18.3. The molecule has 162 valence electrons. The summed E-state index contributed by atoms with van der Waals surface area (Å²) >= 11 is 0. The van der Waals surface area contributed by atoms with Gasteiger partial charge in [-0.2, -0.15) is 0 Å². The second-order valence-corrected chi connectivity index (χ2v) is 11.8. The van der Waals surface area contributed by atoms with Crippen LogP contribution in [0.5, 0.6) is 0 Å². The van der Waals surface area contributed by atoms with Gasteiger partial charge in [-0.25, -0.2) is 22.0 Å². The first-order chi connectivity index (χ1) is 14.4. The third-order valence-corrected chi connectivity index (χ3v) is 9.92. The van der Waals surface area contributed by atoms with Crippen molar-refractivity contribution in [1.29, 1.82) is 0 Å². The minimum Gasteiger partial charge on any atom is -0.212 e. The fraction of sp³-hybridized carbons (Fsp3) is 0.417. The molecule has 2 aromatic carbocycles. The molecule has 0 unspecified atom stereocenters. The highest BCUT2D eigenvalue weighted by Gasteiger charge is 2.22. The lowest BCUT2D eigenvalue weighted by Crippen LogP contribution is -2.21. The molecule has 0 bridgehead atoms. The molecule has 1 aliphatic rings. The zero-order chi connectivity index (χ0) is 21.7. The van der Waals surface area contributed by atoms with Crippen molar-refractivity contribution >= 4 is 14.6 Å². The van der Waals surface area contributed by atoms with Crippen molar-refractivity contribution in [2.75, 3.05) is 0 Å². The van der Waals surface area contributed by atoms with Crippen LogP contribution in [0.15, 0.2) is 36.7 Å². The molecule has 0 N–H and O–H groups in total. The third kappa shape index (κ3) is 5.39. The lowest BCUT2D eigenvalue weighted by Gasteiger charge is -2.27. The van der Waals surface area contributed by atoms with Crippen LogP contribution in [0.2, 0.25) is 18.1 Å². The standard InChI is InChI=1S/C24H27F5Si/c1-2-9-30-10-7-16(8-11-30)3-4-17-5-6-19(20(26)12-17)18-13-21(27)24(22(28)14-18)23(29)15-25/h5-6,12-16,30H,2-4,7-11H2,1H3. The summed E-state index contributed by atoms with van der Waals surface area (Å²) < 4.78 is 68.3. The maximum atomic E-state index is 14.6. The SMILES string of the molecule is CCC[SiH]1CCC(CCc2ccc(-c3cc(F)c(C(F)=CF)c(F)c3)c(F)c2)CC1. The summed E-state index contributed by atoms with van der Waals surface area (Å²) in [5.41, 5.74) is -0.259. The van der Waals surface area contributed by atoms with Gasteiger partial charge in [-0.1, -0.05) is 56.5 Å². The van der Waals surface area contributed by atoms with Crippen molar-refractivity contribution in [1.82, 2.24) is 0 Å². The van der Waals surface area contributed by atoms with Gasteiger partial charge in [0.15, 0.2) is 5.83 Å². The molecule has 0 atom stereocenters. The van der Waals surface area contributed by atoms with Gasteiger partial charge in [0.2, 0.25) is 0 Å². The van der Waals surface area contributed by atoms with Crippen LogP contribution in [-0.2, 0) is 6.42 Å². The molecule has 1 heterocycles. The molecule has 2 aromatic rings. The van der Waals surface area contributed by atoms with Crippen LogP contribution in [0.1, 0.15) is 43.7 Å². The largest absolute Gasteiger partial charge is 0.212 e. The van der Waals surface area contributed by atoms with E-state index in [9.17, 15) is 22.0 Å². The molecule has 1 aliphatic heterocycles. The Kier molecular flexibility index (Phi) is 7.86. The summed E-state index contributed by atoms with van der Waals surface area (Å²) in [6.07, 6.45) is 5.16. The van der Waals surface area contributed by atoms with Crippen LogP contribution >= 0.6 is 0 Å². The van der Waals surface area contributed by atoms with Crippen LogP contribution in [0.4, 0.5) is 22.0 Å². The minimum atomic E-state index is -1.64. The van der Waals surface area contributed by atoms with Crippen LogP contribution in [-0.4, -0.2) is 8.80 Å². The van der Waals surface area contributed by atoms with Gasteiger partial charge in [-0.05, 0) is 48.1 Å². The van der Waals surface area contributed by atoms with Crippen LogP contribution in [0.3, 0.4) is 0 Å². The lowest BCUT2D eigenvalue weighted by molar-refractivity contribution is 0.437. The van der Waals surface area contributed by atoms with Crippen molar-refractivity contribution in [2.24, 2.45) is 5.92 Å². The molecular formula is C24H27F5Si. The maximum absolute atomic E-state index is 14.6. The molecule has 0 radical (unpaired) electrons. The minimum absolute atomic E-state index is 0.0267. The molecule has 0 nitrogen and oxygen atoms in total. The Bertz CT molecular complexity index is 877. The summed E-state index contributed by atoms with van der Waals surface area (Å²) in [7, 11) is -0.503. The van der Waals surface area contributed by atoms with Crippen molar-refractivity contribution < 1.29 is 22.0 Å². The van der Waals surface area contributed by atoms with Gasteiger partial charge in [0.25, 0.3) is 0 Å². The Balaban J connectivity index is 1.67. The summed E-state index contributed by atoms with van der Waals surface area (Å²) in [6, 6.07) is 10.6. The summed E-state index contributed by atoms with van der Waals surface area (Å²) in [6.45, 7) is 2.26. The second kappa shape index (κ2) is 10.4. The van der Waals surface area contributed by atoms with Gasteiger partial charge in [0.1, 0.15) is 23.8 Å². The van der Waals surface area contributed by atoms with Crippen LogP contribution in [0, 0.1) is 23.4 Å². The molecule has 30 heavy (non-hydrogen) atoms. The third-order valence-electron chi connectivity index (χ3n) is 6.23. The molecule has 0 aromatic heterocycles. The maximum Gasteiger partial charge on any atom is 0.164 e. The van der Waals surface area contributed by atoms with Gasteiger partial charge in [0.05, 0.1) is 5.56 Å². The fourth-order valence-corrected chi connectivity index (χ4v) is 8.12. The molecule has 0 aliphatic carbocycles. The highest BCUT2D eigenvalue weighted by Crippen LogP contribution is 2.33. The predicted octanol–water partition coefficient (Wildman–Crippen LogP) is 7.99. The average Bonchev–Trinajstić information content (AvgIpc) is 2.72. The molecule has 0 spiro atoms. The van der Waals surface area contributed by atoms with Crippen molar-refractivity contribution in [3.63, 3.8) is 0 Å². The van der Waals surface area contributed by atoms with Gasteiger partial charge >= 0.3 is 0 Å². The first-order valence-electron chi connectivity index (χ1n) is 10.7. The number of rotatable bonds is 7. The quantitative estimate of drug-likeness (QED) is 0.304. The summed E-state index contributed by atoms with van der Waals surface area (Å²) in [5.74, 6) is -4.08. The first-order valence-corrected chi connectivity index (χ1v) is 13.1. The normalized spacial score (nSPS) is 19.9. The van der Waals surface area contributed by atoms with Gasteiger partial charge < -0.3 is 0 Å². The molecule has 6 heteroatoms. The van der Waals surface area contributed by atoms with Gasteiger partial charge in [-0.3, -0.25) is 0 Å². The number of benzene rings is 2. The van der Waals surface area contributed by atoms with Crippen LogP contribution < -0.4 is 0 Å². The number of hydrogen-bond donors (Lipinski definition) is 0. The summed E-state index contributed by atoms with van der Waals surface area (Å²) in [4.78, 5) is 0. The van der Waals surface area contributed by atoms with E-state index in [-0.39, 0.29) is 11.1 Å². The predicted molar refractivity (Wildman–Crippen MR) is 115 cm³/mol. The van der Waals surface area contributed by atoms with E-state index in [0.717, 1.165) is 30.5 Å². The fourth-order valence-electron chi connectivity index (χ4n) is 4.55. The van der Waals surface area contributed by atoms with E-state index in [1.165, 1.54) is 49.5 Å². The smallest absolute Gasteiger partial charge is 0.164 e. The molecule has 0 amide bonds. The van der Waals surface area contributed by atoms with E-state index in [2.05, 4.69) is 6.92 Å². The highest BCUT2D eigenvalue weighted by atomic mass is 28.3. The Labute approximate surface area is 176 Å².